The van der Waals surface area contributed by atoms with Gasteiger partial charge in [-0.3, -0.25) is 4.79 Å². The van der Waals surface area contributed by atoms with Gasteiger partial charge in [0.15, 0.2) is 18.9 Å². The van der Waals surface area contributed by atoms with Gasteiger partial charge in [-0.25, -0.2) is 0 Å². The molecule has 3 aliphatic heterocycles. The Morgan fingerprint density at radius 3 is 1.20 bits per heavy atom. The Labute approximate surface area is 517 Å². The molecule has 0 bridgehead atoms. The van der Waals surface area contributed by atoms with Crippen molar-refractivity contribution in [2.75, 3.05) is 26.4 Å². The molecule has 0 aromatic heterocycles. The summed E-state index contributed by atoms with van der Waals surface area (Å²) in [6.07, 6.45) is 30.2. The maximum Gasteiger partial charge on any atom is 0.220 e. The summed E-state index contributed by atoms with van der Waals surface area (Å²) in [6, 6.07) is -0.993. The molecule has 17 atom stereocenters. The molecule has 1 amide bonds. The Morgan fingerprint density at radius 2 is 0.756 bits per heavy atom. The van der Waals surface area contributed by atoms with Gasteiger partial charge in [0.05, 0.1) is 38.6 Å². The molecule has 3 rings (SSSR count). The second kappa shape index (κ2) is 49.7. The summed E-state index contributed by atoms with van der Waals surface area (Å²) in [5.74, 6) is -0.296. The lowest BCUT2D eigenvalue weighted by molar-refractivity contribution is -0.379. The monoisotopic (exact) mass is 1230 g/mol. The number of unbranched alkanes of at least 4 members (excludes halogenated alkanes) is 32. The molecule has 3 fully saturated rings. The molecule has 0 spiro atoms. The molecule has 3 aliphatic rings. The molecule has 0 saturated carbocycles. The molecule has 0 aromatic rings. The second-order valence-electron chi connectivity index (χ2n) is 24.6. The van der Waals surface area contributed by atoms with Gasteiger partial charge in [0.2, 0.25) is 5.91 Å². The minimum absolute atomic E-state index is 0.225. The van der Waals surface area contributed by atoms with E-state index in [0.29, 0.717) is 12.8 Å². The predicted octanol–water partition coefficient (Wildman–Crippen LogP) is 8.44. The number of aliphatic hydroxyl groups excluding tert-OH is 11. The van der Waals surface area contributed by atoms with E-state index in [0.717, 1.165) is 57.8 Å². The Hall–Kier alpha value is -1.99. The molecule has 3 saturated heterocycles. The number of rotatable bonds is 52. The first kappa shape index (κ1) is 78.3. The maximum atomic E-state index is 13.3. The number of amides is 1. The highest BCUT2D eigenvalue weighted by atomic mass is 16.8. The maximum absolute atomic E-state index is 13.3. The lowest BCUT2D eigenvalue weighted by Crippen LogP contribution is -2.66. The van der Waals surface area contributed by atoms with Crippen LogP contribution in [0.5, 0.6) is 0 Å². The second-order valence-corrected chi connectivity index (χ2v) is 24.6. The van der Waals surface area contributed by atoms with Crippen LogP contribution in [0, 0.1) is 0 Å². The fraction of sp³-hybridized carbons (Fsp3) is 0.896. The van der Waals surface area contributed by atoms with E-state index in [2.05, 4.69) is 43.5 Å². The predicted molar refractivity (Wildman–Crippen MR) is 333 cm³/mol. The average molecular weight is 1230 g/mol. The number of nitrogens with one attached hydrogen (secondary N) is 1. The Balaban J connectivity index is 1.40. The lowest BCUT2D eigenvalue weighted by Gasteiger charge is -2.48. The minimum Gasteiger partial charge on any atom is -0.394 e. The topological polar surface area (TPSA) is 307 Å². The number of carbonyl (C=O) groups is 1. The van der Waals surface area contributed by atoms with Crippen molar-refractivity contribution in [1.82, 2.24) is 5.32 Å². The van der Waals surface area contributed by atoms with Crippen molar-refractivity contribution in [3.63, 3.8) is 0 Å². The summed E-state index contributed by atoms with van der Waals surface area (Å²) in [5.41, 5.74) is 0. The molecule has 0 aliphatic carbocycles. The highest BCUT2D eigenvalue weighted by Crippen LogP contribution is 2.33. The van der Waals surface area contributed by atoms with Gasteiger partial charge in [-0.05, 0) is 51.4 Å². The molecule has 504 valence electrons. The first-order valence-electron chi connectivity index (χ1n) is 34.2. The number of hydrogen-bond acceptors (Lipinski definition) is 18. The first-order chi connectivity index (χ1) is 41.8. The van der Waals surface area contributed by atoms with Crippen molar-refractivity contribution >= 4 is 5.91 Å². The molecule has 19 nitrogen and oxygen atoms in total. The zero-order valence-electron chi connectivity index (χ0n) is 53.0. The third-order valence-corrected chi connectivity index (χ3v) is 17.2. The third kappa shape index (κ3) is 31.8. The Morgan fingerprint density at radius 1 is 0.407 bits per heavy atom. The first-order valence-corrected chi connectivity index (χ1v) is 34.2. The van der Waals surface area contributed by atoms with Gasteiger partial charge in [0.25, 0.3) is 0 Å². The summed E-state index contributed by atoms with van der Waals surface area (Å²) < 4.78 is 34.2. The van der Waals surface area contributed by atoms with E-state index in [1.54, 1.807) is 6.08 Å². The van der Waals surface area contributed by atoms with Gasteiger partial charge >= 0.3 is 0 Å². The van der Waals surface area contributed by atoms with E-state index in [1.807, 2.05) is 6.08 Å². The van der Waals surface area contributed by atoms with Crippen LogP contribution >= 0.6 is 0 Å². The van der Waals surface area contributed by atoms with Crippen LogP contribution in [0.25, 0.3) is 0 Å². The Kier molecular flexibility index (Phi) is 45.2. The molecule has 19 heteroatoms. The number of allylic oxidation sites excluding steroid dienone is 5. The lowest BCUT2D eigenvalue weighted by atomic mass is 9.96. The summed E-state index contributed by atoms with van der Waals surface area (Å²) in [4.78, 5) is 13.3. The molecular formula is C67H123NO18. The molecule has 3 heterocycles. The van der Waals surface area contributed by atoms with E-state index in [4.69, 9.17) is 28.4 Å². The van der Waals surface area contributed by atoms with Gasteiger partial charge in [-0.15, -0.1) is 0 Å². The smallest absolute Gasteiger partial charge is 0.220 e. The SMILES string of the molecule is CCCC/C=C\CCCCCCCC(=O)NC(COC1OC(CO)C(OC2OC(CO)C(OC3OC(CO)C(O)C(O)C3O)C(O)C2O)C(O)C1O)C(O)/C=C/CC/C=C/CCCCCCCCCCCCCCCCCCCCCCCCCC. The number of ether oxygens (including phenoxy) is 6. The van der Waals surface area contributed by atoms with Crippen LogP contribution < -0.4 is 5.32 Å². The van der Waals surface area contributed by atoms with E-state index in [9.17, 15) is 61.0 Å². The Bertz CT molecular complexity index is 1710. The molecular weight excluding hydrogens is 1110 g/mol. The van der Waals surface area contributed by atoms with E-state index in [-0.39, 0.29) is 18.9 Å². The largest absolute Gasteiger partial charge is 0.394 e. The van der Waals surface area contributed by atoms with Crippen LogP contribution in [0.15, 0.2) is 36.5 Å². The average Bonchev–Trinajstić information content (AvgIpc) is 2.48. The highest BCUT2D eigenvalue weighted by Gasteiger charge is 2.53. The van der Waals surface area contributed by atoms with Crippen molar-refractivity contribution in [2.45, 2.75) is 356 Å². The van der Waals surface area contributed by atoms with E-state index < -0.39 is 124 Å². The van der Waals surface area contributed by atoms with E-state index in [1.165, 1.54) is 161 Å². The fourth-order valence-corrected chi connectivity index (χ4v) is 11.5. The van der Waals surface area contributed by atoms with Crippen LogP contribution in [0.1, 0.15) is 251 Å². The summed E-state index contributed by atoms with van der Waals surface area (Å²) in [6.45, 7) is 1.67. The van der Waals surface area contributed by atoms with Crippen molar-refractivity contribution in [3.8, 4) is 0 Å². The van der Waals surface area contributed by atoms with Gasteiger partial charge in [-0.2, -0.15) is 0 Å². The van der Waals surface area contributed by atoms with Crippen LogP contribution in [-0.4, -0.2) is 193 Å². The summed E-state index contributed by atoms with van der Waals surface area (Å²) in [5, 5.41) is 120. The molecule has 12 N–H and O–H groups in total. The molecule has 86 heavy (non-hydrogen) atoms. The number of carbonyl (C=O) groups excluding carboxylic acids is 1. The normalized spacial score (nSPS) is 29.0. The standard InChI is InChI=1S/C67H123NO18/c1-3-5-7-9-11-13-15-16-17-18-19-20-21-22-23-24-25-26-27-28-29-30-31-32-33-35-36-38-40-42-44-51(72)50(68-55(73)45-43-41-39-37-34-14-12-10-8-6-4-2)49-81-65-61(79)58(76)63(53(47-70)83-65)86-67-62(80)59(77)64(54(48-71)84-67)85-66-60(78)57(75)56(74)52(46-69)82-66/h10,12,35-36,42,44,50-54,56-67,69-72,74-80H,3-9,11,13-34,37-41,43,45-49H2,1-2H3,(H,68,73)/b12-10-,36-35+,44-42+. The van der Waals surface area contributed by atoms with Crippen LogP contribution in [0.4, 0.5) is 0 Å². The molecule has 0 aromatic carbocycles. The van der Waals surface area contributed by atoms with Crippen molar-refractivity contribution < 1.29 is 89.4 Å². The van der Waals surface area contributed by atoms with Gasteiger partial charge < -0.3 is 89.9 Å². The number of hydrogen-bond donors (Lipinski definition) is 12. The van der Waals surface area contributed by atoms with Gasteiger partial charge in [0, 0.05) is 6.42 Å². The third-order valence-electron chi connectivity index (χ3n) is 17.2. The van der Waals surface area contributed by atoms with Gasteiger partial charge in [-0.1, -0.05) is 230 Å². The van der Waals surface area contributed by atoms with Crippen molar-refractivity contribution in [2.24, 2.45) is 0 Å². The quantitative estimate of drug-likeness (QED) is 0.0201. The van der Waals surface area contributed by atoms with Crippen LogP contribution in [0.2, 0.25) is 0 Å². The van der Waals surface area contributed by atoms with Crippen LogP contribution in [0.3, 0.4) is 0 Å². The molecule has 0 radical (unpaired) electrons. The van der Waals surface area contributed by atoms with Crippen molar-refractivity contribution in [3.05, 3.63) is 36.5 Å². The van der Waals surface area contributed by atoms with Gasteiger partial charge in [0.1, 0.15) is 73.2 Å². The van der Waals surface area contributed by atoms with Crippen LogP contribution in [-0.2, 0) is 33.2 Å². The summed E-state index contributed by atoms with van der Waals surface area (Å²) >= 11 is 0. The van der Waals surface area contributed by atoms with E-state index >= 15 is 0 Å². The highest BCUT2D eigenvalue weighted by molar-refractivity contribution is 5.76. The fourth-order valence-electron chi connectivity index (χ4n) is 11.5. The number of aliphatic hydroxyl groups is 11. The zero-order valence-corrected chi connectivity index (χ0v) is 53.0. The van der Waals surface area contributed by atoms with Crippen molar-refractivity contribution in [1.29, 1.82) is 0 Å². The zero-order chi connectivity index (χ0) is 62.6. The minimum atomic E-state index is -1.98. The summed E-state index contributed by atoms with van der Waals surface area (Å²) in [7, 11) is 0. The molecule has 17 unspecified atom stereocenters.